The Labute approximate surface area is 96.7 Å². The van der Waals surface area contributed by atoms with Gasteiger partial charge in [-0.1, -0.05) is 25.3 Å². The van der Waals surface area contributed by atoms with Gasteiger partial charge in [-0.2, -0.15) is 0 Å². The van der Waals surface area contributed by atoms with Crippen LogP contribution in [0.5, 0.6) is 0 Å². The van der Waals surface area contributed by atoms with E-state index in [2.05, 4.69) is 4.98 Å². The molecule has 0 aliphatic heterocycles. The molecule has 2 aliphatic rings. The molecule has 16 heavy (non-hydrogen) atoms. The Morgan fingerprint density at radius 1 is 1.19 bits per heavy atom. The Morgan fingerprint density at radius 3 is 2.88 bits per heavy atom. The van der Waals surface area contributed by atoms with Crippen molar-refractivity contribution in [2.24, 2.45) is 11.8 Å². The highest BCUT2D eigenvalue weighted by Gasteiger charge is 2.49. The van der Waals surface area contributed by atoms with Crippen LogP contribution >= 0.6 is 0 Å². The minimum atomic E-state index is -0.633. The quantitative estimate of drug-likeness (QED) is 0.784. The minimum absolute atomic E-state index is 0.455. The van der Waals surface area contributed by atoms with Gasteiger partial charge in [-0.15, -0.1) is 0 Å². The molecule has 2 saturated carbocycles. The van der Waals surface area contributed by atoms with Crippen molar-refractivity contribution in [3.8, 4) is 0 Å². The summed E-state index contributed by atoms with van der Waals surface area (Å²) in [5, 5.41) is 10.9. The Bertz CT molecular complexity index is 364. The van der Waals surface area contributed by atoms with Crippen LogP contribution in [0.2, 0.25) is 0 Å². The summed E-state index contributed by atoms with van der Waals surface area (Å²) in [5.41, 5.74) is 0.260. The summed E-state index contributed by atoms with van der Waals surface area (Å²) in [5.74, 6) is 1.19. The molecule has 0 spiro atoms. The number of nitrogens with zero attached hydrogens (tertiary/aromatic N) is 1. The van der Waals surface area contributed by atoms with Crippen molar-refractivity contribution < 1.29 is 5.11 Å². The van der Waals surface area contributed by atoms with E-state index >= 15 is 0 Å². The zero-order valence-electron chi connectivity index (χ0n) is 9.60. The van der Waals surface area contributed by atoms with E-state index in [1.54, 1.807) is 6.20 Å². The minimum Gasteiger partial charge on any atom is -0.383 e. The summed E-state index contributed by atoms with van der Waals surface area (Å²) in [6.45, 7) is 0. The average molecular weight is 217 g/mol. The van der Waals surface area contributed by atoms with Gasteiger partial charge in [-0.3, -0.25) is 4.98 Å². The molecule has 3 unspecified atom stereocenters. The zero-order valence-corrected chi connectivity index (χ0v) is 9.60. The van der Waals surface area contributed by atoms with Crippen molar-refractivity contribution >= 4 is 0 Å². The lowest BCUT2D eigenvalue weighted by molar-refractivity contribution is -0.0279. The highest BCUT2D eigenvalue weighted by atomic mass is 16.3. The van der Waals surface area contributed by atoms with Crippen molar-refractivity contribution in [2.75, 3.05) is 0 Å². The maximum atomic E-state index is 10.9. The number of pyridine rings is 1. The molecule has 2 nitrogen and oxygen atoms in total. The van der Waals surface area contributed by atoms with Crippen molar-refractivity contribution in [3.63, 3.8) is 0 Å². The third-order valence-corrected chi connectivity index (χ3v) is 4.53. The number of hydrogen-bond acceptors (Lipinski definition) is 2. The van der Waals surface area contributed by atoms with Gasteiger partial charge in [-0.25, -0.2) is 0 Å². The van der Waals surface area contributed by atoms with Crippen LogP contribution in [0.1, 0.15) is 44.2 Å². The lowest BCUT2D eigenvalue weighted by atomic mass is 9.75. The fourth-order valence-electron chi connectivity index (χ4n) is 3.71. The van der Waals surface area contributed by atoms with Gasteiger partial charge in [0.2, 0.25) is 0 Å². The first-order chi connectivity index (χ1) is 7.81. The first-order valence-electron chi connectivity index (χ1n) is 6.44. The molecule has 1 heterocycles. The predicted molar refractivity (Wildman–Crippen MR) is 62.8 cm³/mol. The maximum absolute atomic E-state index is 10.9. The number of aliphatic hydroxyl groups is 1. The second kappa shape index (κ2) is 3.85. The van der Waals surface area contributed by atoms with E-state index in [1.807, 2.05) is 18.2 Å². The molecule has 0 aromatic carbocycles. The van der Waals surface area contributed by atoms with Crippen LogP contribution in [0.4, 0.5) is 0 Å². The van der Waals surface area contributed by atoms with Crippen molar-refractivity contribution in [3.05, 3.63) is 30.1 Å². The van der Waals surface area contributed by atoms with Gasteiger partial charge in [0.05, 0.1) is 5.69 Å². The first-order valence-corrected chi connectivity index (χ1v) is 6.44. The van der Waals surface area contributed by atoms with Gasteiger partial charge >= 0.3 is 0 Å². The smallest absolute Gasteiger partial charge is 0.110 e. The van der Waals surface area contributed by atoms with Crippen LogP contribution in [-0.2, 0) is 5.60 Å². The lowest BCUT2D eigenvalue weighted by Crippen LogP contribution is -2.35. The van der Waals surface area contributed by atoms with Gasteiger partial charge < -0.3 is 5.11 Å². The van der Waals surface area contributed by atoms with Crippen LogP contribution in [0.15, 0.2) is 24.4 Å². The van der Waals surface area contributed by atoms with Crippen LogP contribution in [0.3, 0.4) is 0 Å². The van der Waals surface area contributed by atoms with E-state index < -0.39 is 5.60 Å². The zero-order chi connectivity index (χ0) is 11.0. The standard InChI is InChI=1S/C14H19NO/c16-14(13-7-3-4-10-15-13)9-8-11-5-1-2-6-12(11)14/h3-4,7,10-12,16H,1-2,5-6,8-9H2. The molecule has 3 rings (SSSR count). The predicted octanol–water partition coefficient (Wildman–Crippen LogP) is 2.87. The third-order valence-electron chi connectivity index (χ3n) is 4.53. The number of hydrogen-bond donors (Lipinski definition) is 1. The van der Waals surface area contributed by atoms with E-state index in [4.69, 9.17) is 0 Å². The van der Waals surface area contributed by atoms with E-state index in [1.165, 1.54) is 32.1 Å². The van der Waals surface area contributed by atoms with Gasteiger partial charge in [0, 0.05) is 6.20 Å². The molecule has 3 atom stereocenters. The van der Waals surface area contributed by atoms with Gasteiger partial charge in [0.25, 0.3) is 0 Å². The topological polar surface area (TPSA) is 33.1 Å². The van der Waals surface area contributed by atoms with Crippen molar-refractivity contribution in [1.82, 2.24) is 4.98 Å². The van der Waals surface area contributed by atoms with Crippen LogP contribution in [-0.4, -0.2) is 10.1 Å². The Morgan fingerprint density at radius 2 is 2.06 bits per heavy atom. The molecular formula is C14H19NO. The Kier molecular flexibility index (Phi) is 2.47. The second-order valence-corrected chi connectivity index (χ2v) is 5.33. The Hall–Kier alpha value is -0.890. The SMILES string of the molecule is OC1(c2ccccn2)CCC2CCCCC21. The normalized spacial score (nSPS) is 38.3. The molecule has 0 radical (unpaired) electrons. The second-order valence-electron chi connectivity index (χ2n) is 5.33. The summed E-state index contributed by atoms with van der Waals surface area (Å²) in [6.07, 6.45) is 8.98. The maximum Gasteiger partial charge on any atom is 0.110 e. The average Bonchev–Trinajstić information content (AvgIpc) is 2.71. The monoisotopic (exact) mass is 217 g/mol. The molecular weight excluding hydrogens is 198 g/mol. The van der Waals surface area contributed by atoms with E-state index in [0.29, 0.717) is 5.92 Å². The van der Waals surface area contributed by atoms with E-state index in [-0.39, 0.29) is 0 Å². The van der Waals surface area contributed by atoms with Crippen LogP contribution in [0.25, 0.3) is 0 Å². The highest BCUT2D eigenvalue weighted by molar-refractivity contribution is 5.17. The molecule has 0 saturated heterocycles. The molecule has 0 amide bonds. The van der Waals surface area contributed by atoms with Crippen molar-refractivity contribution in [2.45, 2.75) is 44.1 Å². The molecule has 0 bridgehead atoms. The van der Waals surface area contributed by atoms with Gasteiger partial charge in [-0.05, 0) is 43.2 Å². The number of rotatable bonds is 1. The summed E-state index contributed by atoms with van der Waals surface area (Å²) >= 11 is 0. The summed E-state index contributed by atoms with van der Waals surface area (Å²) in [4.78, 5) is 4.37. The van der Waals surface area contributed by atoms with E-state index in [0.717, 1.165) is 18.0 Å². The summed E-state index contributed by atoms with van der Waals surface area (Å²) in [6, 6.07) is 5.88. The third kappa shape index (κ3) is 1.47. The number of aromatic nitrogens is 1. The van der Waals surface area contributed by atoms with Gasteiger partial charge in [0.1, 0.15) is 5.60 Å². The Balaban J connectivity index is 1.93. The summed E-state index contributed by atoms with van der Waals surface area (Å²) in [7, 11) is 0. The fourth-order valence-corrected chi connectivity index (χ4v) is 3.71. The molecule has 2 aliphatic carbocycles. The lowest BCUT2D eigenvalue weighted by Gasteiger charge is -2.35. The van der Waals surface area contributed by atoms with Gasteiger partial charge in [0.15, 0.2) is 0 Å². The fraction of sp³-hybridized carbons (Fsp3) is 0.643. The summed E-state index contributed by atoms with van der Waals surface area (Å²) < 4.78 is 0. The van der Waals surface area contributed by atoms with Crippen molar-refractivity contribution in [1.29, 1.82) is 0 Å². The first kappa shape index (κ1) is 10.3. The molecule has 1 aromatic rings. The van der Waals surface area contributed by atoms with Crippen LogP contribution < -0.4 is 0 Å². The highest BCUT2D eigenvalue weighted by Crippen LogP contribution is 2.52. The number of fused-ring (bicyclic) bond motifs is 1. The van der Waals surface area contributed by atoms with E-state index in [9.17, 15) is 5.11 Å². The molecule has 86 valence electrons. The molecule has 2 heteroatoms. The molecule has 2 fully saturated rings. The van der Waals surface area contributed by atoms with Crippen LogP contribution in [0, 0.1) is 11.8 Å². The molecule has 1 N–H and O–H groups in total. The molecule has 1 aromatic heterocycles. The largest absolute Gasteiger partial charge is 0.383 e.